The molecule has 110 valence electrons. The van der Waals surface area contributed by atoms with E-state index in [9.17, 15) is 0 Å². The van der Waals surface area contributed by atoms with Crippen molar-refractivity contribution in [3.05, 3.63) is 12.4 Å². The van der Waals surface area contributed by atoms with Crippen molar-refractivity contribution in [3.8, 4) is 0 Å². The molecule has 0 aromatic carbocycles. The fourth-order valence-electron chi connectivity index (χ4n) is 2.20. The van der Waals surface area contributed by atoms with Crippen LogP contribution in [0.3, 0.4) is 0 Å². The number of hydrogen-bond donors (Lipinski definition) is 1. The maximum absolute atomic E-state index is 4.33. The van der Waals surface area contributed by atoms with Crippen LogP contribution in [-0.4, -0.2) is 16.3 Å². The molecular formula is C16H31N3. The Hall–Kier alpha value is -0.990. The maximum Gasteiger partial charge on any atom is 0.0726 e. The van der Waals surface area contributed by atoms with Crippen LogP contribution in [0.15, 0.2) is 12.4 Å². The lowest BCUT2D eigenvalue weighted by atomic mass is 10.1. The number of anilines is 1. The highest BCUT2D eigenvalue weighted by Gasteiger charge is 2.00. The van der Waals surface area contributed by atoms with Crippen molar-refractivity contribution >= 4 is 5.69 Å². The average molecular weight is 265 g/mol. The Bertz CT molecular complexity index is 318. The van der Waals surface area contributed by atoms with Crippen molar-refractivity contribution in [2.75, 3.05) is 11.9 Å². The van der Waals surface area contributed by atoms with Gasteiger partial charge < -0.3 is 5.32 Å². The van der Waals surface area contributed by atoms with Gasteiger partial charge in [0, 0.05) is 18.8 Å². The normalized spacial score (nSPS) is 11.2. The van der Waals surface area contributed by atoms with Gasteiger partial charge in [-0.15, -0.1) is 0 Å². The van der Waals surface area contributed by atoms with Crippen molar-refractivity contribution in [3.63, 3.8) is 0 Å². The summed E-state index contributed by atoms with van der Waals surface area (Å²) in [6.45, 7) is 7.64. The summed E-state index contributed by atoms with van der Waals surface area (Å²) in [6.07, 6.45) is 15.0. The first-order valence-corrected chi connectivity index (χ1v) is 8.02. The van der Waals surface area contributed by atoms with E-state index >= 15 is 0 Å². The van der Waals surface area contributed by atoms with Crippen LogP contribution in [-0.2, 0) is 0 Å². The maximum atomic E-state index is 4.33. The Kier molecular flexibility index (Phi) is 8.35. The van der Waals surface area contributed by atoms with E-state index in [1.807, 2.05) is 10.9 Å². The number of nitrogens with zero attached hydrogens (tertiary/aromatic N) is 2. The van der Waals surface area contributed by atoms with Gasteiger partial charge >= 0.3 is 0 Å². The topological polar surface area (TPSA) is 29.9 Å². The summed E-state index contributed by atoms with van der Waals surface area (Å²) < 4.78 is 2.00. The van der Waals surface area contributed by atoms with E-state index in [0.717, 1.165) is 12.2 Å². The van der Waals surface area contributed by atoms with E-state index < -0.39 is 0 Å². The zero-order valence-corrected chi connectivity index (χ0v) is 13.0. The summed E-state index contributed by atoms with van der Waals surface area (Å²) in [6, 6.07) is 0.443. The van der Waals surface area contributed by atoms with Crippen LogP contribution >= 0.6 is 0 Å². The third kappa shape index (κ3) is 7.24. The fourth-order valence-corrected chi connectivity index (χ4v) is 2.20. The van der Waals surface area contributed by atoms with E-state index in [1.54, 1.807) is 0 Å². The lowest BCUT2D eigenvalue weighted by molar-refractivity contribution is 0.532. The summed E-state index contributed by atoms with van der Waals surface area (Å²) in [7, 11) is 0. The number of nitrogens with one attached hydrogen (secondary N) is 1. The molecule has 0 aliphatic heterocycles. The van der Waals surface area contributed by atoms with Crippen LogP contribution in [0.25, 0.3) is 0 Å². The third-order valence-corrected chi connectivity index (χ3v) is 3.49. The minimum atomic E-state index is 0.443. The molecule has 0 saturated heterocycles. The Morgan fingerprint density at radius 1 is 1.05 bits per heavy atom. The van der Waals surface area contributed by atoms with Crippen LogP contribution in [0, 0.1) is 0 Å². The molecule has 0 bridgehead atoms. The molecule has 0 radical (unpaired) electrons. The number of unbranched alkanes of at least 4 members (excludes halogenated alkanes) is 7. The van der Waals surface area contributed by atoms with Gasteiger partial charge in [0.1, 0.15) is 0 Å². The predicted octanol–water partition coefficient (Wildman–Crippen LogP) is 5.02. The van der Waals surface area contributed by atoms with Crippen LogP contribution in [0.1, 0.15) is 78.2 Å². The first-order valence-electron chi connectivity index (χ1n) is 8.02. The van der Waals surface area contributed by atoms with Crippen molar-refractivity contribution in [1.29, 1.82) is 0 Å². The third-order valence-electron chi connectivity index (χ3n) is 3.49. The van der Waals surface area contributed by atoms with Gasteiger partial charge in [-0.25, -0.2) is 0 Å². The van der Waals surface area contributed by atoms with Crippen LogP contribution in [0.5, 0.6) is 0 Å². The molecule has 3 nitrogen and oxygen atoms in total. The second kappa shape index (κ2) is 9.88. The minimum absolute atomic E-state index is 0.443. The molecule has 0 aliphatic carbocycles. The molecule has 0 saturated carbocycles. The van der Waals surface area contributed by atoms with Gasteiger partial charge in [-0.3, -0.25) is 4.68 Å². The predicted molar refractivity (Wildman–Crippen MR) is 83.7 cm³/mol. The van der Waals surface area contributed by atoms with Crippen molar-refractivity contribution in [2.45, 2.75) is 78.2 Å². The fraction of sp³-hybridized carbons (Fsp3) is 0.812. The lowest BCUT2D eigenvalue weighted by Gasteiger charge is -2.05. The SMILES string of the molecule is CCCCCCCCCCNc1cnn(C(C)C)c1. The highest BCUT2D eigenvalue weighted by molar-refractivity contribution is 5.37. The zero-order chi connectivity index (χ0) is 13.9. The Morgan fingerprint density at radius 3 is 2.26 bits per heavy atom. The quantitative estimate of drug-likeness (QED) is 0.569. The first kappa shape index (κ1) is 16.1. The molecule has 19 heavy (non-hydrogen) atoms. The highest BCUT2D eigenvalue weighted by atomic mass is 15.3. The van der Waals surface area contributed by atoms with Gasteiger partial charge in [0.15, 0.2) is 0 Å². The van der Waals surface area contributed by atoms with E-state index in [-0.39, 0.29) is 0 Å². The second-order valence-electron chi connectivity index (χ2n) is 5.70. The lowest BCUT2D eigenvalue weighted by Crippen LogP contribution is -2.02. The molecule has 1 rings (SSSR count). The largest absolute Gasteiger partial charge is 0.383 e. The molecule has 0 fully saturated rings. The molecular weight excluding hydrogens is 234 g/mol. The molecule has 0 amide bonds. The molecule has 1 N–H and O–H groups in total. The molecule has 0 spiro atoms. The minimum Gasteiger partial charge on any atom is -0.383 e. The molecule has 1 heterocycles. The highest BCUT2D eigenvalue weighted by Crippen LogP contribution is 2.11. The Balaban J connectivity index is 1.95. The van der Waals surface area contributed by atoms with Crippen molar-refractivity contribution < 1.29 is 0 Å². The summed E-state index contributed by atoms with van der Waals surface area (Å²) in [5, 5.41) is 7.77. The molecule has 0 unspecified atom stereocenters. The number of rotatable bonds is 11. The number of hydrogen-bond acceptors (Lipinski definition) is 2. The molecule has 1 aromatic rings. The molecule has 1 aromatic heterocycles. The zero-order valence-electron chi connectivity index (χ0n) is 13.0. The van der Waals surface area contributed by atoms with Crippen LogP contribution in [0.2, 0.25) is 0 Å². The standard InChI is InChI=1S/C16H31N3/c1-4-5-6-7-8-9-10-11-12-17-16-13-18-19(14-16)15(2)3/h13-15,17H,4-12H2,1-3H3. The smallest absolute Gasteiger partial charge is 0.0726 e. The van der Waals surface area contributed by atoms with Gasteiger partial charge in [0.05, 0.1) is 11.9 Å². The summed E-state index contributed by atoms with van der Waals surface area (Å²) in [4.78, 5) is 0. The average Bonchev–Trinajstić information content (AvgIpc) is 2.86. The summed E-state index contributed by atoms with van der Waals surface area (Å²) in [5.74, 6) is 0. The van der Waals surface area contributed by atoms with Gasteiger partial charge in [0.2, 0.25) is 0 Å². The van der Waals surface area contributed by atoms with Crippen molar-refractivity contribution in [2.24, 2.45) is 0 Å². The molecule has 0 aliphatic rings. The van der Waals surface area contributed by atoms with Crippen molar-refractivity contribution in [1.82, 2.24) is 9.78 Å². The van der Waals surface area contributed by atoms with Crippen LogP contribution in [0.4, 0.5) is 5.69 Å². The van der Waals surface area contributed by atoms with E-state index in [4.69, 9.17) is 0 Å². The number of aromatic nitrogens is 2. The van der Waals surface area contributed by atoms with Gasteiger partial charge in [-0.1, -0.05) is 51.9 Å². The second-order valence-corrected chi connectivity index (χ2v) is 5.70. The van der Waals surface area contributed by atoms with E-state index in [0.29, 0.717) is 6.04 Å². The molecule has 0 atom stereocenters. The Labute approximate surface area is 118 Å². The van der Waals surface area contributed by atoms with E-state index in [1.165, 1.54) is 51.4 Å². The van der Waals surface area contributed by atoms with Gasteiger partial charge in [-0.2, -0.15) is 5.10 Å². The Morgan fingerprint density at radius 2 is 1.68 bits per heavy atom. The molecule has 3 heteroatoms. The van der Waals surface area contributed by atoms with Gasteiger partial charge in [-0.05, 0) is 20.3 Å². The summed E-state index contributed by atoms with van der Waals surface area (Å²) in [5.41, 5.74) is 1.15. The van der Waals surface area contributed by atoms with Gasteiger partial charge in [0.25, 0.3) is 0 Å². The summed E-state index contributed by atoms with van der Waals surface area (Å²) >= 11 is 0. The first-order chi connectivity index (χ1) is 9.24. The van der Waals surface area contributed by atoms with E-state index in [2.05, 4.69) is 37.4 Å². The monoisotopic (exact) mass is 265 g/mol. The van der Waals surface area contributed by atoms with Crippen LogP contribution < -0.4 is 5.32 Å².